The van der Waals surface area contributed by atoms with Gasteiger partial charge in [0.05, 0.1) is 5.71 Å². The van der Waals surface area contributed by atoms with Crippen molar-refractivity contribution in [3.63, 3.8) is 0 Å². The topological polar surface area (TPSA) is 97.5 Å². The first-order chi connectivity index (χ1) is 16.5. The van der Waals surface area contributed by atoms with E-state index in [4.69, 9.17) is 9.25 Å². The van der Waals surface area contributed by atoms with Crippen LogP contribution in [0, 0.1) is 5.92 Å². The molecule has 3 aromatic rings. The molecule has 1 N–H and O–H groups in total. The highest BCUT2D eigenvalue weighted by molar-refractivity contribution is 5.85. The summed E-state index contributed by atoms with van der Waals surface area (Å²) in [5.41, 5.74) is 2.22. The number of H-pyrrole nitrogens is 1. The Bertz CT molecular complexity index is 1290. The van der Waals surface area contributed by atoms with Gasteiger partial charge in [0.1, 0.15) is 5.39 Å². The standard InChI is InChI=1S/C27H31N3O4/c1-27(20-9-3-2-4-10-20)15-13-21(14-16-27)30-34-26-28-24(32)23-19(12-11-18-7-5-6-8-18)17-22(31)33-25(23)29-26/h2-4,9-10,17-18H,5-8,11-16H2,1H3,(H,28,29,32). The van der Waals surface area contributed by atoms with E-state index in [-0.39, 0.29) is 22.7 Å². The number of aromatic amines is 1. The van der Waals surface area contributed by atoms with Crippen molar-refractivity contribution >= 4 is 16.8 Å². The fourth-order valence-electron chi connectivity index (χ4n) is 5.45. The number of nitrogens with one attached hydrogen (secondary N) is 1. The smallest absolute Gasteiger partial charge is 0.337 e. The number of fused-ring (bicyclic) bond motifs is 1. The molecular formula is C27H31N3O4. The summed E-state index contributed by atoms with van der Waals surface area (Å²) in [6, 6.07) is 11.9. The van der Waals surface area contributed by atoms with Crippen molar-refractivity contribution in [3.8, 4) is 6.01 Å². The SMILES string of the molecule is CC1(c2ccccc2)CCC(=NOc2nc3oc(=O)cc(CCC4CCCC4)c3c(=O)[nH]2)CC1. The predicted octanol–water partition coefficient (Wildman–Crippen LogP) is 5.27. The molecule has 0 bridgehead atoms. The van der Waals surface area contributed by atoms with Gasteiger partial charge in [-0.05, 0) is 61.0 Å². The van der Waals surface area contributed by atoms with Gasteiger partial charge in [0.25, 0.3) is 5.56 Å². The molecule has 0 amide bonds. The lowest BCUT2D eigenvalue weighted by atomic mass is 9.70. The molecule has 0 saturated heterocycles. The van der Waals surface area contributed by atoms with Crippen molar-refractivity contribution in [3.05, 3.63) is 68.3 Å². The molecule has 34 heavy (non-hydrogen) atoms. The monoisotopic (exact) mass is 461 g/mol. The van der Waals surface area contributed by atoms with Gasteiger partial charge in [-0.3, -0.25) is 9.78 Å². The van der Waals surface area contributed by atoms with Gasteiger partial charge >= 0.3 is 11.6 Å². The Labute approximate surface area is 198 Å². The van der Waals surface area contributed by atoms with Crippen molar-refractivity contribution in [2.45, 2.75) is 76.5 Å². The van der Waals surface area contributed by atoms with Crippen LogP contribution in [0.4, 0.5) is 0 Å². The maximum Gasteiger partial charge on any atom is 0.337 e. The molecule has 5 rings (SSSR count). The average molecular weight is 462 g/mol. The summed E-state index contributed by atoms with van der Waals surface area (Å²) >= 11 is 0. The zero-order chi connectivity index (χ0) is 23.5. The normalized spacial score (nSPS) is 21.1. The third-order valence-corrected chi connectivity index (χ3v) is 7.63. The van der Waals surface area contributed by atoms with Gasteiger partial charge in [0.15, 0.2) is 0 Å². The van der Waals surface area contributed by atoms with Crippen molar-refractivity contribution in [1.29, 1.82) is 0 Å². The van der Waals surface area contributed by atoms with E-state index >= 15 is 0 Å². The van der Waals surface area contributed by atoms with Crippen LogP contribution in [0.3, 0.4) is 0 Å². The van der Waals surface area contributed by atoms with E-state index in [0.717, 1.165) is 37.8 Å². The van der Waals surface area contributed by atoms with Crippen LogP contribution >= 0.6 is 0 Å². The molecule has 0 aliphatic heterocycles. The molecule has 0 radical (unpaired) electrons. The summed E-state index contributed by atoms with van der Waals surface area (Å²) < 4.78 is 5.25. The van der Waals surface area contributed by atoms with E-state index in [1.807, 2.05) is 6.07 Å². The van der Waals surface area contributed by atoms with Gasteiger partial charge in [0.2, 0.25) is 5.71 Å². The van der Waals surface area contributed by atoms with Crippen molar-refractivity contribution in [2.75, 3.05) is 0 Å². The van der Waals surface area contributed by atoms with Crippen LogP contribution in [0.15, 0.2) is 55.6 Å². The van der Waals surface area contributed by atoms with E-state index in [9.17, 15) is 9.59 Å². The molecule has 2 aliphatic carbocycles. The third-order valence-electron chi connectivity index (χ3n) is 7.63. The van der Waals surface area contributed by atoms with E-state index in [1.54, 1.807) is 0 Å². The Hall–Kier alpha value is -3.22. The Morgan fingerprint density at radius 2 is 1.88 bits per heavy atom. The van der Waals surface area contributed by atoms with Gasteiger partial charge in [-0.2, -0.15) is 4.98 Å². The number of oxime groups is 1. The molecular weight excluding hydrogens is 430 g/mol. The second-order valence-corrected chi connectivity index (χ2v) is 10.0. The number of nitrogens with zero attached hydrogens (tertiary/aromatic N) is 2. The first-order valence-corrected chi connectivity index (χ1v) is 12.4. The maximum absolute atomic E-state index is 12.8. The minimum atomic E-state index is -0.503. The average Bonchev–Trinajstić information content (AvgIpc) is 3.36. The fourth-order valence-corrected chi connectivity index (χ4v) is 5.45. The second kappa shape index (κ2) is 9.57. The fraction of sp³-hybridized carbons (Fsp3) is 0.481. The minimum absolute atomic E-state index is 0.00756. The molecule has 178 valence electrons. The van der Waals surface area contributed by atoms with Gasteiger partial charge < -0.3 is 9.25 Å². The second-order valence-electron chi connectivity index (χ2n) is 10.0. The lowest BCUT2D eigenvalue weighted by Gasteiger charge is -2.34. The number of hydrogen-bond donors (Lipinski definition) is 1. The summed E-state index contributed by atoms with van der Waals surface area (Å²) in [7, 11) is 0. The molecule has 2 aliphatic rings. The van der Waals surface area contributed by atoms with Crippen LogP contribution < -0.4 is 16.0 Å². The lowest BCUT2D eigenvalue weighted by molar-refractivity contribution is 0.301. The Morgan fingerprint density at radius 1 is 1.15 bits per heavy atom. The molecule has 0 spiro atoms. The first-order valence-electron chi connectivity index (χ1n) is 12.4. The molecule has 7 heteroatoms. The molecule has 2 fully saturated rings. The van der Waals surface area contributed by atoms with E-state index in [2.05, 4.69) is 46.3 Å². The van der Waals surface area contributed by atoms with Gasteiger partial charge in [-0.25, -0.2) is 4.79 Å². The molecule has 0 unspecified atom stereocenters. The highest BCUT2D eigenvalue weighted by Gasteiger charge is 2.31. The lowest BCUT2D eigenvalue weighted by Crippen LogP contribution is -2.29. The highest BCUT2D eigenvalue weighted by Crippen LogP contribution is 2.38. The molecule has 2 heterocycles. The van der Waals surface area contributed by atoms with Crippen LogP contribution in [-0.4, -0.2) is 15.7 Å². The van der Waals surface area contributed by atoms with Gasteiger partial charge in [-0.1, -0.05) is 68.1 Å². The van der Waals surface area contributed by atoms with Crippen LogP contribution in [0.5, 0.6) is 6.01 Å². The molecule has 2 aromatic heterocycles. The summed E-state index contributed by atoms with van der Waals surface area (Å²) in [4.78, 5) is 37.4. The molecule has 2 saturated carbocycles. The van der Waals surface area contributed by atoms with Gasteiger partial charge in [0, 0.05) is 6.07 Å². The van der Waals surface area contributed by atoms with Crippen molar-refractivity contribution < 1.29 is 9.25 Å². The number of aromatic nitrogens is 2. The minimum Gasteiger partial charge on any atom is -0.403 e. The van der Waals surface area contributed by atoms with Gasteiger partial charge in [-0.15, -0.1) is 0 Å². The predicted molar refractivity (Wildman–Crippen MR) is 132 cm³/mol. The van der Waals surface area contributed by atoms with Crippen LogP contribution in [0.25, 0.3) is 11.1 Å². The molecule has 0 atom stereocenters. The summed E-state index contributed by atoms with van der Waals surface area (Å²) in [6.45, 7) is 2.29. The summed E-state index contributed by atoms with van der Waals surface area (Å²) in [6.07, 6.45) is 10.2. The number of rotatable bonds is 6. The van der Waals surface area contributed by atoms with Crippen LogP contribution in [-0.2, 0) is 11.8 Å². The Morgan fingerprint density at radius 3 is 2.62 bits per heavy atom. The Balaban J connectivity index is 1.30. The zero-order valence-electron chi connectivity index (χ0n) is 19.6. The molecule has 1 aromatic carbocycles. The third kappa shape index (κ3) is 4.83. The summed E-state index contributed by atoms with van der Waals surface area (Å²) in [5, 5.41) is 4.59. The maximum atomic E-state index is 12.8. The quantitative estimate of drug-likeness (QED) is 0.505. The largest absolute Gasteiger partial charge is 0.403 e. The van der Waals surface area contributed by atoms with E-state index < -0.39 is 5.63 Å². The van der Waals surface area contributed by atoms with Crippen molar-refractivity contribution in [2.24, 2.45) is 11.1 Å². The first kappa shape index (κ1) is 22.6. The van der Waals surface area contributed by atoms with Crippen LogP contribution in [0.1, 0.15) is 75.8 Å². The Kier molecular flexibility index (Phi) is 6.35. The highest BCUT2D eigenvalue weighted by atomic mass is 16.6. The van der Waals surface area contributed by atoms with Crippen LogP contribution in [0.2, 0.25) is 0 Å². The number of hydrogen-bond acceptors (Lipinski definition) is 6. The zero-order valence-corrected chi connectivity index (χ0v) is 19.6. The van der Waals surface area contributed by atoms with E-state index in [0.29, 0.717) is 23.3 Å². The van der Waals surface area contributed by atoms with E-state index in [1.165, 1.54) is 37.3 Å². The molecule has 7 nitrogen and oxygen atoms in total. The van der Waals surface area contributed by atoms with Crippen molar-refractivity contribution in [1.82, 2.24) is 9.97 Å². The summed E-state index contributed by atoms with van der Waals surface area (Å²) in [5.74, 6) is 0.659. The number of benzene rings is 1. The number of aryl methyl sites for hydroxylation is 1.